The average Bonchev–Trinajstić information content (AvgIpc) is 2.44. The number of benzene rings is 2. The van der Waals surface area contributed by atoms with Crippen molar-refractivity contribution < 1.29 is 0 Å². The van der Waals surface area contributed by atoms with Crippen LogP contribution in [0.5, 0.6) is 0 Å². The lowest BCUT2D eigenvalue weighted by molar-refractivity contribution is 0.795. The largest absolute Gasteiger partial charge is 0.0786 e. The molecule has 0 fully saturated rings. The van der Waals surface area contributed by atoms with Gasteiger partial charge in [-0.1, -0.05) is 82.9 Å². The zero-order valence-electron chi connectivity index (χ0n) is 12.6. The van der Waals surface area contributed by atoms with E-state index < -0.39 is 0 Å². The van der Waals surface area contributed by atoms with E-state index in [1.165, 1.54) is 47.1 Å². The molecule has 1 unspecified atom stereocenters. The van der Waals surface area contributed by atoms with Gasteiger partial charge in [0.05, 0.1) is 4.83 Å². The third-order valence-corrected chi connectivity index (χ3v) is 4.69. The molecule has 0 aliphatic carbocycles. The van der Waals surface area contributed by atoms with Crippen LogP contribution in [0.2, 0.25) is 0 Å². The van der Waals surface area contributed by atoms with Crippen LogP contribution in [0.3, 0.4) is 0 Å². The molecule has 0 radical (unpaired) electrons. The van der Waals surface area contributed by atoms with E-state index in [1.807, 2.05) is 0 Å². The number of hydrogen-bond donors (Lipinski definition) is 0. The summed E-state index contributed by atoms with van der Waals surface area (Å²) in [6.07, 6.45) is 3.72. The van der Waals surface area contributed by atoms with Gasteiger partial charge in [-0.3, -0.25) is 0 Å². The van der Waals surface area contributed by atoms with Crippen molar-refractivity contribution in [3.8, 4) is 0 Å². The molecule has 106 valence electrons. The summed E-state index contributed by atoms with van der Waals surface area (Å²) in [5, 5.41) is 0. The molecule has 1 atom stereocenters. The lowest BCUT2D eigenvalue weighted by Crippen LogP contribution is -1.95. The molecule has 0 aliphatic heterocycles. The molecule has 1 heteroatoms. The van der Waals surface area contributed by atoms with Crippen LogP contribution in [0.15, 0.2) is 42.5 Å². The molecule has 0 saturated heterocycles. The van der Waals surface area contributed by atoms with E-state index in [2.05, 4.69) is 79.2 Å². The fourth-order valence-corrected chi connectivity index (χ4v) is 3.15. The van der Waals surface area contributed by atoms with Gasteiger partial charge in [-0.2, -0.15) is 0 Å². The second kappa shape index (κ2) is 7.08. The van der Waals surface area contributed by atoms with E-state index >= 15 is 0 Å². The number of unbranched alkanes of at least 4 members (excludes halogenated alkanes) is 1. The Kier molecular flexibility index (Phi) is 5.42. The Labute approximate surface area is 131 Å². The van der Waals surface area contributed by atoms with Gasteiger partial charge in [-0.15, -0.1) is 0 Å². The molecule has 0 amide bonds. The summed E-state index contributed by atoms with van der Waals surface area (Å²) in [6, 6.07) is 15.8. The summed E-state index contributed by atoms with van der Waals surface area (Å²) >= 11 is 3.84. The lowest BCUT2D eigenvalue weighted by atomic mass is 9.99. The SMILES string of the molecule is CCCCc1ccc(C(Br)c2cc(C)cc(C)c2)cc1. The van der Waals surface area contributed by atoms with Gasteiger partial charge in [-0.05, 0) is 43.4 Å². The Morgan fingerprint density at radius 3 is 2.05 bits per heavy atom. The van der Waals surface area contributed by atoms with Crippen LogP contribution in [-0.4, -0.2) is 0 Å². The van der Waals surface area contributed by atoms with Crippen LogP contribution >= 0.6 is 15.9 Å². The van der Waals surface area contributed by atoms with Gasteiger partial charge in [-0.25, -0.2) is 0 Å². The van der Waals surface area contributed by atoms with Crippen LogP contribution in [0.4, 0.5) is 0 Å². The first-order chi connectivity index (χ1) is 9.60. The van der Waals surface area contributed by atoms with E-state index in [9.17, 15) is 0 Å². The molecule has 0 bridgehead atoms. The predicted molar refractivity (Wildman–Crippen MR) is 91.7 cm³/mol. The van der Waals surface area contributed by atoms with Gasteiger partial charge in [0.25, 0.3) is 0 Å². The van der Waals surface area contributed by atoms with Crippen molar-refractivity contribution in [2.75, 3.05) is 0 Å². The molecule has 2 aromatic carbocycles. The Hall–Kier alpha value is -1.08. The first kappa shape index (κ1) is 15.3. The second-order valence-electron chi connectivity index (χ2n) is 5.63. The minimum Gasteiger partial charge on any atom is -0.0786 e. The second-order valence-corrected chi connectivity index (χ2v) is 6.54. The number of hydrogen-bond acceptors (Lipinski definition) is 0. The van der Waals surface area contributed by atoms with Gasteiger partial charge in [0, 0.05) is 0 Å². The molecular formula is C19H23Br. The summed E-state index contributed by atoms with van der Waals surface area (Å²) in [5.74, 6) is 0. The minimum atomic E-state index is 0.279. The molecule has 0 heterocycles. The quantitative estimate of drug-likeness (QED) is 0.578. The molecule has 0 aromatic heterocycles. The molecule has 0 N–H and O–H groups in total. The van der Waals surface area contributed by atoms with Crippen molar-refractivity contribution in [1.82, 2.24) is 0 Å². The average molecular weight is 331 g/mol. The van der Waals surface area contributed by atoms with E-state index in [1.54, 1.807) is 0 Å². The summed E-state index contributed by atoms with van der Waals surface area (Å²) in [7, 11) is 0. The molecule has 0 saturated carbocycles. The van der Waals surface area contributed by atoms with E-state index in [0.717, 1.165) is 0 Å². The minimum absolute atomic E-state index is 0.279. The molecule has 0 spiro atoms. The first-order valence-corrected chi connectivity index (χ1v) is 8.33. The zero-order chi connectivity index (χ0) is 14.5. The number of aryl methyl sites for hydroxylation is 3. The maximum atomic E-state index is 3.84. The predicted octanol–water partition coefficient (Wildman–Crippen LogP) is 6.13. The number of rotatable bonds is 5. The van der Waals surface area contributed by atoms with Gasteiger partial charge in [0.1, 0.15) is 0 Å². The van der Waals surface area contributed by atoms with Crippen molar-refractivity contribution in [2.45, 2.75) is 44.9 Å². The molecular weight excluding hydrogens is 308 g/mol. The normalized spacial score (nSPS) is 12.4. The molecule has 2 aromatic rings. The van der Waals surface area contributed by atoms with Crippen LogP contribution < -0.4 is 0 Å². The monoisotopic (exact) mass is 330 g/mol. The van der Waals surface area contributed by atoms with E-state index in [0.29, 0.717) is 0 Å². The molecule has 2 rings (SSSR count). The Morgan fingerprint density at radius 2 is 1.50 bits per heavy atom. The Balaban J connectivity index is 2.17. The maximum Gasteiger partial charge on any atom is 0.0644 e. The van der Waals surface area contributed by atoms with Gasteiger partial charge < -0.3 is 0 Å². The van der Waals surface area contributed by atoms with Crippen molar-refractivity contribution in [3.05, 3.63) is 70.3 Å². The summed E-state index contributed by atoms with van der Waals surface area (Å²) < 4.78 is 0. The highest BCUT2D eigenvalue weighted by atomic mass is 79.9. The standard InChI is InChI=1S/C19H23Br/c1-4-5-6-16-7-9-17(10-8-16)19(20)18-12-14(2)11-15(3)13-18/h7-13,19H,4-6H2,1-3H3. The van der Waals surface area contributed by atoms with Crippen molar-refractivity contribution in [2.24, 2.45) is 0 Å². The van der Waals surface area contributed by atoms with Crippen molar-refractivity contribution in [1.29, 1.82) is 0 Å². The fourth-order valence-electron chi connectivity index (χ4n) is 2.58. The Morgan fingerprint density at radius 1 is 0.900 bits per heavy atom. The van der Waals surface area contributed by atoms with Gasteiger partial charge in [0.2, 0.25) is 0 Å². The van der Waals surface area contributed by atoms with E-state index in [-0.39, 0.29) is 4.83 Å². The first-order valence-electron chi connectivity index (χ1n) is 7.41. The van der Waals surface area contributed by atoms with Gasteiger partial charge >= 0.3 is 0 Å². The Bertz CT molecular complexity index is 534. The topological polar surface area (TPSA) is 0 Å². The highest BCUT2D eigenvalue weighted by Crippen LogP contribution is 2.32. The third kappa shape index (κ3) is 3.96. The number of halogens is 1. The van der Waals surface area contributed by atoms with Crippen LogP contribution in [-0.2, 0) is 6.42 Å². The maximum absolute atomic E-state index is 3.84. The van der Waals surface area contributed by atoms with Crippen molar-refractivity contribution in [3.63, 3.8) is 0 Å². The van der Waals surface area contributed by atoms with Gasteiger partial charge in [0.15, 0.2) is 0 Å². The number of alkyl halides is 1. The van der Waals surface area contributed by atoms with Crippen LogP contribution in [0.25, 0.3) is 0 Å². The zero-order valence-corrected chi connectivity index (χ0v) is 14.2. The van der Waals surface area contributed by atoms with E-state index in [4.69, 9.17) is 0 Å². The lowest BCUT2D eigenvalue weighted by Gasteiger charge is -2.13. The van der Waals surface area contributed by atoms with Crippen LogP contribution in [0.1, 0.15) is 52.4 Å². The molecule has 0 nitrogen and oxygen atoms in total. The highest BCUT2D eigenvalue weighted by Gasteiger charge is 2.11. The highest BCUT2D eigenvalue weighted by molar-refractivity contribution is 9.09. The summed E-state index contributed by atoms with van der Waals surface area (Å²) in [4.78, 5) is 0.279. The molecule has 0 aliphatic rings. The smallest absolute Gasteiger partial charge is 0.0644 e. The molecule has 20 heavy (non-hydrogen) atoms. The summed E-state index contributed by atoms with van der Waals surface area (Å²) in [6.45, 7) is 6.55. The van der Waals surface area contributed by atoms with Crippen molar-refractivity contribution >= 4 is 15.9 Å². The summed E-state index contributed by atoms with van der Waals surface area (Å²) in [5.41, 5.74) is 6.75. The third-order valence-electron chi connectivity index (χ3n) is 3.63. The fraction of sp³-hybridized carbons (Fsp3) is 0.368. The van der Waals surface area contributed by atoms with Crippen LogP contribution in [0, 0.1) is 13.8 Å².